The fourth-order valence-electron chi connectivity index (χ4n) is 2.31. The van der Waals surface area contributed by atoms with Gasteiger partial charge in [-0.15, -0.1) is 0 Å². The van der Waals surface area contributed by atoms with Crippen molar-refractivity contribution in [1.82, 2.24) is 4.98 Å². The molecule has 3 nitrogen and oxygen atoms in total. The third kappa shape index (κ3) is 2.87. The molecule has 0 fully saturated rings. The van der Waals surface area contributed by atoms with Crippen LogP contribution >= 0.6 is 0 Å². The van der Waals surface area contributed by atoms with Crippen molar-refractivity contribution in [1.29, 1.82) is 0 Å². The lowest BCUT2D eigenvalue weighted by Crippen LogP contribution is -2.04. The zero-order valence-electron chi connectivity index (χ0n) is 13.1. The average Bonchev–Trinajstić information content (AvgIpc) is 2.44. The summed E-state index contributed by atoms with van der Waals surface area (Å²) < 4.78 is 5.38. The van der Waals surface area contributed by atoms with Gasteiger partial charge < -0.3 is 10.1 Å². The molecule has 0 amide bonds. The van der Waals surface area contributed by atoms with Gasteiger partial charge in [-0.25, -0.2) is 0 Å². The van der Waals surface area contributed by atoms with E-state index in [1.165, 1.54) is 0 Å². The molecule has 0 radical (unpaired) electrons. The van der Waals surface area contributed by atoms with Crippen LogP contribution in [-0.2, 0) is 0 Å². The molecule has 0 aliphatic carbocycles. The summed E-state index contributed by atoms with van der Waals surface area (Å²) >= 11 is 0. The van der Waals surface area contributed by atoms with Gasteiger partial charge in [0.1, 0.15) is 5.75 Å². The highest BCUT2D eigenvalue weighted by Gasteiger charge is 2.11. The summed E-state index contributed by atoms with van der Waals surface area (Å²) in [6.45, 7) is 9.58. The molecule has 2 rings (SSSR count). The minimum Gasteiger partial charge on any atom is -0.497 e. The van der Waals surface area contributed by atoms with Crippen molar-refractivity contribution in [2.45, 2.75) is 40.0 Å². The van der Waals surface area contributed by atoms with E-state index in [-0.39, 0.29) is 0 Å². The first-order valence-corrected chi connectivity index (χ1v) is 7.30. The molecule has 0 bridgehead atoms. The van der Waals surface area contributed by atoms with Gasteiger partial charge in [0.25, 0.3) is 0 Å². The maximum absolute atomic E-state index is 5.38. The first-order chi connectivity index (χ1) is 9.56. The Bertz CT molecular complexity index is 605. The largest absolute Gasteiger partial charge is 0.497 e. The highest BCUT2D eigenvalue weighted by atomic mass is 16.5. The Hall–Kier alpha value is -1.77. The lowest BCUT2D eigenvalue weighted by Gasteiger charge is -2.15. The smallest absolute Gasteiger partial charge is 0.119 e. The molecule has 0 unspecified atom stereocenters. The molecule has 108 valence electrons. The van der Waals surface area contributed by atoms with Crippen molar-refractivity contribution in [2.75, 3.05) is 19.0 Å². The van der Waals surface area contributed by atoms with Crippen LogP contribution < -0.4 is 10.1 Å². The van der Waals surface area contributed by atoms with Gasteiger partial charge in [0.15, 0.2) is 0 Å². The molecule has 0 aliphatic rings. The van der Waals surface area contributed by atoms with E-state index in [0.717, 1.165) is 46.6 Å². The number of benzene rings is 1. The molecular weight excluding hydrogens is 248 g/mol. The number of methoxy groups -OCH3 is 1. The number of anilines is 1. The number of pyridine rings is 1. The molecule has 0 spiro atoms. The van der Waals surface area contributed by atoms with E-state index in [9.17, 15) is 0 Å². The predicted octanol–water partition coefficient (Wildman–Crippen LogP) is 4.50. The normalized spacial score (nSPS) is 11.1. The third-order valence-electron chi connectivity index (χ3n) is 3.49. The van der Waals surface area contributed by atoms with Gasteiger partial charge in [-0.2, -0.15) is 0 Å². The average molecular weight is 272 g/mol. The molecular formula is C17H24N2O. The second-order valence-corrected chi connectivity index (χ2v) is 5.52. The van der Waals surface area contributed by atoms with Crippen LogP contribution in [0.5, 0.6) is 5.75 Å². The number of fused-ring (bicyclic) bond motifs is 1. The number of aromatic nitrogens is 1. The van der Waals surface area contributed by atoms with Gasteiger partial charge >= 0.3 is 0 Å². The predicted molar refractivity (Wildman–Crippen MR) is 85.9 cm³/mol. The third-order valence-corrected chi connectivity index (χ3v) is 3.49. The molecule has 0 atom stereocenters. The fraction of sp³-hybridized carbons (Fsp3) is 0.471. The summed E-state index contributed by atoms with van der Waals surface area (Å²) in [6, 6.07) is 6.28. The summed E-state index contributed by atoms with van der Waals surface area (Å²) in [5, 5.41) is 4.65. The summed E-state index contributed by atoms with van der Waals surface area (Å²) in [7, 11) is 1.70. The van der Waals surface area contributed by atoms with Crippen molar-refractivity contribution >= 4 is 16.6 Å². The molecule has 1 aromatic carbocycles. The molecule has 1 N–H and O–H groups in total. The maximum atomic E-state index is 5.38. The first-order valence-electron chi connectivity index (χ1n) is 7.30. The zero-order chi connectivity index (χ0) is 14.7. The minimum absolute atomic E-state index is 0.420. The fourth-order valence-corrected chi connectivity index (χ4v) is 2.31. The Kier molecular flexibility index (Phi) is 4.48. The molecule has 20 heavy (non-hydrogen) atoms. The Labute approximate surface area is 121 Å². The quantitative estimate of drug-likeness (QED) is 0.870. The molecule has 2 aromatic rings. The van der Waals surface area contributed by atoms with E-state index < -0.39 is 0 Å². The van der Waals surface area contributed by atoms with E-state index in [0.29, 0.717) is 5.92 Å². The van der Waals surface area contributed by atoms with Crippen molar-refractivity contribution in [3.8, 4) is 5.75 Å². The van der Waals surface area contributed by atoms with E-state index >= 15 is 0 Å². The lowest BCUT2D eigenvalue weighted by molar-refractivity contribution is 0.415. The number of ether oxygens (including phenoxy) is 1. The van der Waals surface area contributed by atoms with Crippen LogP contribution in [0.1, 0.15) is 44.4 Å². The maximum Gasteiger partial charge on any atom is 0.119 e. The van der Waals surface area contributed by atoms with Crippen LogP contribution in [0.4, 0.5) is 5.69 Å². The summed E-state index contributed by atoms with van der Waals surface area (Å²) in [4.78, 5) is 4.82. The Morgan fingerprint density at radius 3 is 2.60 bits per heavy atom. The number of nitrogens with one attached hydrogen (secondary N) is 1. The number of hydrogen-bond donors (Lipinski definition) is 1. The highest BCUT2D eigenvalue weighted by Crippen LogP contribution is 2.31. The Morgan fingerprint density at radius 2 is 2.00 bits per heavy atom. The molecule has 0 aliphatic heterocycles. The number of hydrogen-bond acceptors (Lipinski definition) is 3. The summed E-state index contributed by atoms with van der Waals surface area (Å²) in [5.41, 5.74) is 4.50. The summed E-state index contributed by atoms with van der Waals surface area (Å²) in [5.74, 6) is 1.30. The van der Waals surface area contributed by atoms with Crippen molar-refractivity contribution in [2.24, 2.45) is 0 Å². The van der Waals surface area contributed by atoms with E-state index in [1.54, 1.807) is 7.11 Å². The van der Waals surface area contributed by atoms with Crippen LogP contribution in [0.2, 0.25) is 0 Å². The van der Waals surface area contributed by atoms with Gasteiger partial charge in [-0.1, -0.05) is 20.8 Å². The topological polar surface area (TPSA) is 34.2 Å². The second-order valence-electron chi connectivity index (χ2n) is 5.52. The van der Waals surface area contributed by atoms with Crippen LogP contribution in [-0.4, -0.2) is 18.6 Å². The van der Waals surface area contributed by atoms with Crippen molar-refractivity contribution < 1.29 is 4.74 Å². The van der Waals surface area contributed by atoms with Gasteiger partial charge in [0.2, 0.25) is 0 Å². The monoisotopic (exact) mass is 272 g/mol. The minimum atomic E-state index is 0.420. The summed E-state index contributed by atoms with van der Waals surface area (Å²) in [6.07, 6.45) is 1.10. The van der Waals surface area contributed by atoms with E-state index in [1.807, 2.05) is 6.07 Å². The van der Waals surface area contributed by atoms with Crippen molar-refractivity contribution in [3.05, 3.63) is 29.5 Å². The molecule has 0 saturated carbocycles. The van der Waals surface area contributed by atoms with Crippen LogP contribution in [0.25, 0.3) is 10.9 Å². The van der Waals surface area contributed by atoms with E-state index in [4.69, 9.17) is 9.72 Å². The molecule has 3 heteroatoms. The second kappa shape index (κ2) is 6.12. The molecule has 0 saturated heterocycles. The molecule has 1 aromatic heterocycles. The lowest BCUT2D eigenvalue weighted by atomic mass is 10.0. The van der Waals surface area contributed by atoms with Gasteiger partial charge in [0, 0.05) is 23.3 Å². The van der Waals surface area contributed by atoms with Gasteiger partial charge in [-0.05, 0) is 43.0 Å². The SMILES string of the molecule is CCCNc1cc(C(C)C)nc2c(C)cc(OC)cc12. The first kappa shape index (κ1) is 14.6. The zero-order valence-corrected chi connectivity index (χ0v) is 13.1. The van der Waals surface area contributed by atoms with Crippen LogP contribution in [0.3, 0.4) is 0 Å². The van der Waals surface area contributed by atoms with E-state index in [2.05, 4.69) is 45.1 Å². The van der Waals surface area contributed by atoms with Gasteiger partial charge in [-0.3, -0.25) is 4.98 Å². The highest BCUT2D eigenvalue weighted by molar-refractivity contribution is 5.94. The van der Waals surface area contributed by atoms with Gasteiger partial charge in [0.05, 0.1) is 12.6 Å². The number of rotatable bonds is 5. The standard InChI is InChI=1S/C17H24N2O/c1-6-7-18-16-10-15(11(2)3)19-17-12(4)8-13(20-5)9-14(16)17/h8-11H,6-7H2,1-5H3,(H,18,19). The number of aryl methyl sites for hydroxylation is 1. The Balaban J connectivity index is 2.67. The van der Waals surface area contributed by atoms with Crippen LogP contribution in [0.15, 0.2) is 18.2 Å². The van der Waals surface area contributed by atoms with Crippen molar-refractivity contribution in [3.63, 3.8) is 0 Å². The number of nitrogens with zero attached hydrogens (tertiary/aromatic N) is 1. The molecule has 1 heterocycles. The van der Waals surface area contributed by atoms with Crippen LogP contribution in [0, 0.1) is 6.92 Å². The Morgan fingerprint density at radius 1 is 1.25 bits per heavy atom.